The monoisotopic (exact) mass is 327 g/mol. The van der Waals surface area contributed by atoms with Gasteiger partial charge in [-0.25, -0.2) is 4.79 Å². The van der Waals surface area contributed by atoms with Gasteiger partial charge in [0.2, 0.25) is 5.13 Å². The molecule has 1 aromatic carbocycles. The molecule has 0 bridgehead atoms. The summed E-state index contributed by atoms with van der Waals surface area (Å²) < 4.78 is 0. The summed E-state index contributed by atoms with van der Waals surface area (Å²) in [6.45, 7) is 1.52. The van der Waals surface area contributed by atoms with Crippen molar-refractivity contribution in [3.8, 4) is 0 Å². The molecule has 0 radical (unpaired) electrons. The SMILES string of the molecule is O=C(Nc1nncs1)N1CCC(c2c[nH]c3ccccc23)CC1. The molecule has 118 valence electrons. The van der Waals surface area contributed by atoms with Crippen molar-refractivity contribution in [1.82, 2.24) is 20.1 Å². The van der Waals surface area contributed by atoms with Crippen molar-refractivity contribution in [2.24, 2.45) is 0 Å². The van der Waals surface area contributed by atoms with E-state index in [0.29, 0.717) is 11.0 Å². The molecule has 0 unspecified atom stereocenters. The van der Waals surface area contributed by atoms with Gasteiger partial charge in [0.25, 0.3) is 0 Å². The third-order valence-corrected chi connectivity index (χ3v) is 5.02. The van der Waals surface area contributed by atoms with E-state index >= 15 is 0 Å². The van der Waals surface area contributed by atoms with E-state index in [0.717, 1.165) is 25.9 Å². The number of likely N-dealkylation sites (tertiary alicyclic amines) is 1. The summed E-state index contributed by atoms with van der Waals surface area (Å²) in [5, 5.41) is 12.2. The summed E-state index contributed by atoms with van der Waals surface area (Å²) in [6, 6.07) is 8.30. The molecule has 1 aliphatic rings. The molecule has 2 aromatic heterocycles. The second-order valence-electron chi connectivity index (χ2n) is 5.72. The Hall–Kier alpha value is -2.41. The topological polar surface area (TPSA) is 73.9 Å². The number of hydrogen-bond donors (Lipinski definition) is 2. The van der Waals surface area contributed by atoms with E-state index in [1.54, 1.807) is 5.51 Å². The van der Waals surface area contributed by atoms with Crippen LogP contribution >= 0.6 is 11.3 Å². The number of nitrogens with one attached hydrogen (secondary N) is 2. The van der Waals surface area contributed by atoms with Crippen LogP contribution in [0.4, 0.5) is 9.93 Å². The van der Waals surface area contributed by atoms with Crippen molar-refractivity contribution in [3.05, 3.63) is 41.5 Å². The van der Waals surface area contributed by atoms with Gasteiger partial charge in [0.05, 0.1) is 0 Å². The first-order valence-electron chi connectivity index (χ1n) is 7.69. The fourth-order valence-electron chi connectivity index (χ4n) is 3.22. The lowest BCUT2D eigenvalue weighted by atomic mass is 9.89. The molecule has 23 heavy (non-hydrogen) atoms. The van der Waals surface area contributed by atoms with Gasteiger partial charge in [0.1, 0.15) is 5.51 Å². The number of amides is 2. The minimum Gasteiger partial charge on any atom is -0.361 e. The van der Waals surface area contributed by atoms with Crippen molar-refractivity contribution in [2.75, 3.05) is 18.4 Å². The van der Waals surface area contributed by atoms with Crippen LogP contribution in [0.25, 0.3) is 10.9 Å². The second-order valence-corrected chi connectivity index (χ2v) is 6.56. The smallest absolute Gasteiger partial charge is 0.323 e. The Balaban J connectivity index is 1.42. The maximum Gasteiger partial charge on any atom is 0.323 e. The Morgan fingerprint density at radius 3 is 2.91 bits per heavy atom. The highest BCUT2D eigenvalue weighted by molar-refractivity contribution is 7.13. The van der Waals surface area contributed by atoms with Gasteiger partial charge in [-0.3, -0.25) is 5.32 Å². The van der Waals surface area contributed by atoms with Gasteiger partial charge in [-0.15, -0.1) is 10.2 Å². The van der Waals surface area contributed by atoms with Gasteiger partial charge in [0, 0.05) is 30.2 Å². The Kier molecular flexibility index (Phi) is 3.70. The van der Waals surface area contributed by atoms with E-state index in [9.17, 15) is 4.79 Å². The number of urea groups is 1. The predicted molar refractivity (Wildman–Crippen MR) is 90.8 cm³/mol. The zero-order valence-electron chi connectivity index (χ0n) is 12.5. The van der Waals surface area contributed by atoms with Crippen LogP contribution in [0.1, 0.15) is 24.3 Å². The Morgan fingerprint density at radius 1 is 1.30 bits per heavy atom. The van der Waals surface area contributed by atoms with Crippen LogP contribution in [0.3, 0.4) is 0 Å². The maximum atomic E-state index is 12.2. The van der Waals surface area contributed by atoms with Crippen molar-refractivity contribution < 1.29 is 4.79 Å². The first-order valence-corrected chi connectivity index (χ1v) is 8.57. The minimum absolute atomic E-state index is 0.0841. The second kappa shape index (κ2) is 6.00. The molecule has 0 spiro atoms. The number of piperidine rings is 1. The van der Waals surface area contributed by atoms with Crippen LogP contribution in [-0.2, 0) is 0 Å². The number of anilines is 1. The highest BCUT2D eigenvalue weighted by atomic mass is 32.1. The van der Waals surface area contributed by atoms with Crippen molar-refractivity contribution in [3.63, 3.8) is 0 Å². The highest BCUT2D eigenvalue weighted by Crippen LogP contribution is 2.33. The lowest BCUT2D eigenvalue weighted by molar-refractivity contribution is 0.194. The fraction of sp³-hybridized carbons (Fsp3) is 0.312. The Bertz CT molecular complexity index is 805. The van der Waals surface area contributed by atoms with E-state index in [-0.39, 0.29) is 6.03 Å². The number of rotatable bonds is 2. The van der Waals surface area contributed by atoms with E-state index in [4.69, 9.17) is 0 Å². The number of carbonyl (C=O) groups excluding carboxylic acids is 1. The molecular weight excluding hydrogens is 310 g/mol. The van der Waals surface area contributed by atoms with Gasteiger partial charge >= 0.3 is 6.03 Å². The average molecular weight is 327 g/mol. The van der Waals surface area contributed by atoms with E-state index < -0.39 is 0 Å². The number of nitrogens with zero attached hydrogens (tertiary/aromatic N) is 3. The summed E-state index contributed by atoms with van der Waals surface area (Å²) in [6.07, 6.45) is 4.07. The highest BCUT2D eigenvalue weighted by Gasteiger charge is 2.25. The van der Waals surface area contributed by atoms with Gasteiger partial charge < -0.3 is 9.88 Å². The zero-order valence-corrected chi connectivity index (χ0v) is 13.3. The van der Waals surface area contributed by atoms with E-state index in [1.807, 2.05) is 11.0 Å². The molecule has 2 amide bonds. The fourth-order valence-corrected chi connectivity index (χ4v) is 3.66. The molecule has 4 rings (SSSR count). The number of fused-ring (bicyclic) bond motifs is 1. The molecule has 1 fully saturated rings. The third kappa shape index (κ3) is 2.79. The first kappa shape index (κ1) is 14.2. The number of carbonyl (C=O) groups is 1. The number of aromatic nitrogens is 3. The predicted octanol–water partition coefficient (Wildman–Crippen LogP) is 3.43. The number of benzene rings is 1. The maximum absolute atomic E-state index is 12.2. The molecule has 0 atom stereocenters. The minimum atomic E-state index is -0.0841. The van der Waals surface area contributed by atoms with Crippen LogP contribution < -0.4 is 5.32 Å². The molecular formula is C16H17N5OS. The lowest BCUT2D eigenvalue weighted by Gasteiger charge is -2.31. The Labute approximate surface area is 137 Å². The third-order valence-electron chi connectivity index (χ3n) is 4.42. The van der Waals surface area contributed by atoms with Gasteiger partial charge in [0.15, 0.2) is 0 Å². The molecule has 1 aliphatic heterocycles. The summed E-state index contributed by atoms with van der Waals surface area (Å²) >= 11 is 1.33. The standard InChI is InChI=1S/C16H17N5OS/c22-16(19-15-20-18-10-23-15)21-7-5-11(6-8-21)13-9-17-14-4-2-1-3-12(13)14/h1-4,9-11,17H,5-8H2,(H,19,20,22). The van der Waals surface area contributed by atoms with Crippen molar-refractivity contribution >= 4 is 33.4 Å². The van der Waals surface area contributed by atoms with E-state index in [2.05, 4.69) is 44.9 Å². The summed E-state index contributed by atoms with van der Waals surface area (Å²) in [7, 11) is 0. The molecule has 3 aromatic rings. The summed E-state index contributed by atoms with van der Waals surface area (Å²) in [5.74, 6) is 0.497. The van der Waals surface area contributed by atoms with Gasteiger partial charge in [-0.2, -0.15) is 0 Å². The van der Waals surface area contributed by atoms with Crippen molar-refractivity contribution in [1.29, 1.82) is 0 Å². The number of para-hydroxylation sites is 1. The molecule has 6 nitrogen and oxygen atoms in total. The number of aromatic amines is 1. The zero-order chi connectivity index (χ0) is 15.6. The summed E-state index contributed by atoms with van der Waals surface area (Å²) in [4.78, 5) is 17.4. The van der Waals surface area contributed by atoms with Gasteiger partial charge in [-0.05, 0) is 30.4 Å². The molecule has 0 saturated carbocycles. The molecule has 2 N–H and O–H groups in total. The van der Waals surface area contributed by atoms with Gasteiger partial charge in [-0.1, -0.05) is 29.5 Å². The van der Waals surface area contributed by atoms with Crippen LogP contribution in [0.2, 0.25) is 0 Å². The lowest BCUT2D eigenvalue weighted by Crippen LogP contribution is -2.40. The largest absolute Gasteiger partial charge is 0.361 e. The number of H-pyrrole nitrogens is 1. The van der Waals surface area contributed by atoms with Crippen molar-refractivity contribution in [2.45, 2.75) is 18.8 Å². The summed E-state index contributed by atoms with van der Waals surface area (Å²) in [5.41, 5.74) is 4.16. The quantitative estimate of drug-likeness (QED) is 0.757. The van der Waals surface area contributed by atoms with E-state index in [1.165, 1.54) is 27.8 Å². The van der Waals surface area contributed by atoms with Crippen LogP contribution in [-0.4, -0.2) is 39.2 Å². The first-order chi connectivity index (χ1) is 11.3. The van der Waals surface area contributed by atoms with Crippen LogP contribution in [0, 0.1) is 0 Å². The molecule has 3 heterocycles. The molecule has 7 heteroatoms. The van der Waals surface area contributed by atoms with Crippen LogP contribution in [0.15, 0.2) is 36.0 Å². The Morgan fingerprint density at radius 2 is 2.13 bits per heavy atom. The average Bonchev–Trinajstić information content (AvgIpc) is 3.24. The number of hydrogen-bond acceptors (Lipinski definition) is 4. The molecule has 0 aliphatic carbocycles. The normalized spacial score (nSPS) is 15.9. The van der Waals surface area contributed by atoms with Crippen LogP contribution in [0.5, 0.6) is 0 Å². The molecule has 1 saturated heterocycles.